The van der Waals surface area contributed by atoms with Crippen LogP contribution in [0.1, 0.15) is 20.3 Å². The van der Waals surface area contributed by atoms with Crippen LogP contribution >= 0.6 is 0 Å². The van der Waals surface area contributed by atoms with E-state index in [0.717, 1.165) is 6.42 Å². The Labute approximate surface area is 117 Å². The summed E-state index contributed by atoms with van der Waals surface area (Å²) in [4.78, 5) is 27.1. The first kappa shape index (κ1) is 15.7. The first-order valence-corrected chi connectivity index (χ1v) is 6.34. The normalized spacial score (nSPS) is 13.2. The monoisotopic (exact) mass is 280 g/mol. The maximum absolute atomic E-state index is 12.2. The Kier molecular flexibility index (Phi) is 5.76. The molecule has 0 aliphatic rings. The molecule has 0 aliphatic heterocycles. The van der Waals surface area contributed by atoms with E-state index in [2.05, 4.69) is 15.6 Å². The quantitative estimate of drug-likeness (QED) is 0.725. The Morgan fingerprint density at radius 3 is 2.60 bits per heavy atom. The fraction of sp³-hybridized carbons (Fsp3) is 0.462. The van der Waals surface area contributed by atoms with E-state index in [-0.39, 0.29) is 11.8 Å². The van der Waals surface area contributed by atoms with Gasteiger partial charge in [-0.3, -0.25) is 4.79 Å². The van der Waals surface area contributed by atoms with E-state index in [4.69, 9.17) is 10.5 Å². The zero-order valence-corrected chi connectivity index (χ0v) is 11.8. The minimum absolute atomic E-state index is 0.0336. The highest BCUT2D eigenvalue weighted by molar-refractivity contribution is 5.96. The summed E-state index contributed by atoms with van der Waals surface area (Å²) in [5, 5.41) is 5.14. The molecule has 110 valence electrons. The molecule has 1 rings (SSSR count). The van der Waals surface area contributed by atoms with E-state index >= 15 is 0 Å². The second kappa shape index (κ2) is 7.32. The minimum atomic E-state index is -0.724. The van der Waals surface area contributed by atoms with E-state index in [9.17, 15) is 9.59 Å². The van der Waals surface area contributed by atoms with Crippen LogP contribution in [0, 0.1) is 5.92 Å². The molecule has 7 nitrogen and oxygen atoms in total. The summed E-state index contributed by atoms with van der Waals surface area (Å²) < 4.78 is 4.93. The fourth-order valence-electron chi connectivity index (χ4n) is 1.65. The van der Waals surface area contributed by atoms with Crippen molar-refractivity contribution >= 4 is 17.6 Å². The summed E-state index contributed by atoms with van der Waals surface area (Å²) in [5.74, 6) is 0.0931. The number of rotatable bonds is 6. The van der Waals surface area contributed by atoms with Gasteiger partial charge in [-0.05, 0) is 12.0 Å². The lowest BCUT2D eigenvalue weighted by Gasteiger charge is -2.22. The van der Waals surface area contributed by atoms with E-state index in [0.29, 0.717) is 11.6 Å². The van der Waals surface area contributed by atoms with Gasteiger partial charge in [0.1, 0.15) is 6.04 Å². The number of anilines is 1. The van der Waals surface area contributed by atoms with Crippen LogP contribution in [0.15, 0.2) is 18.3 Å². The smallest absolute Gasteiger partial charge is 0.312 e. The van der Waals surface area contributed by atoms with E-state index < -0.39 is 12.1 Å². The van der Waals surface area contributed by atoms with E-state index in [1.54, 1.807) is 12.1 Å². The number of pyridine rings is 1. The van der Waals surface area contributed by atoms with Crippen molar-refractivity contribution in [1.82, 2.24) is 10.3 Å². The number of nitrogens with one attached hydrogen (secondary N) is 2. The molecule has 0 fully saturated rings. The Bertz CT molecular complexity index is 461. The molecule has 2 atom stereocenters. The third kappa shape index (κ3) is 4.42. The molecule has 7 heteroatoms. The average Bonchev–Trinajstić information content (AvgIpc) is 2.44. The standard InChI is InChI=1S/C13H20N4O3/c1-4-8(2)11(17-13(14)19)12(18)16-9-5-6-10(20-3)15-7-9/h5-8,11H,4H2,1-3H3,(H,16,18)(H3,14,17,19)/t8-,11-/m0/s1. The average molecular weight is 280 g/mol. The number of methoxy groups -OCH3 is 1. The Hall–Kier alpha value is -2.31. The van der Waals surface area contributed by atoms with Crippen LogP contribution in [-0.2, 0) is 4.79 Å². The molecule has 0 unspecified atom stereocenters. The van der Waals surface area contributed by atoms with Gasteiger partial charge in [-0.2, -0.15) is 0 Å². The van der Waals surface area contributed by atoms with Crippen LogP contribution in [-0.4, -0.2) is 30.1 Å². The molecule has 0 aliphatic carbocycles. The van der Waals surface area contributed by atoms with E-state index in [1.165, 1.54) is 13.3 Å². The summed E-state index contributed by atoms with van der Waals surface area (Å²) in [6, 6.07) is 1.90. The van der Waals surface area contributed by atoms with Crippen LogP contribution < -0.4 is 21.1 Å². The Morgan fingerprint density at radius 2 is 2.15 bits per heavy atom. The van der Waals surface area contributed by atoms with Crippen LogP contribution in [0.5, 0.6) is 5.88 Å². The largest absolute Gasteiger partial charge is 0.481 e. The molecule has 4 N–H and O–H groups in total. The first-order valence-electron chi connectivity index (χ1n) is 6.34. The molecule has 1 heterocycles. The third-order valence-electron chi connectivity index (χ3n) is 3.01. The van der Waals surface area contributed by atoms with Crippen molar-refractivity contribution in [1.29, 1.82) is 0 Å². The molecular weight excluding hydrogens is 260 g/mol. The summed E-state index contributed by atoms with van der Waals surface area (Å²) in [6.45, 7) is 3.80. The van der Waals surface area contributed by atoms with Crippen LogP contribution in [0.25, 0.3) is 0 Å². The zero-order valence-electron chi connectivity index (χ0n) is 11.8. The Balaban J connectivity index is 2.76. The van der Waals surface area contributed by atoms with Crippen molar-refractivity contribution in [3.63, 3.8) is 0 Å². The number of carbonyl (C=O) groups is 2. The first-order chi connectivity index (χ1) is 9.47. The molecule has 3 amide bonds. The number of carbonyl (C=O) groups excluding carboxylic acids is 2. The molecule has 0 saturated heterocycles. The molecule has 1 aromatic rings. The van der Waals surface area contributed by atoms with Crippen molar-refractivity contribution in [2.75, 3.05) is 12.4 Å². The molecule has 0 spiro atoms. The second-order valence-electron chi connectivity index (χ2n) is 4.45. The van der Waals surface area contributed by atoms with Gasteiger partial charge >= 0.3 is 6.03 Å². The molecule has 1 aromatic heterocycles. The minimum Gasteiger partial charge on any atom is -0.481 e. The molecule has 0 saturated carbocycles. The van der Waals surface area contributed by atoms with Crippen molar-refractivity contribution in [3.8, 4) is 5.88 Å². The van der Waals surface area contributed by atoms with Gasteiger partial charge in [0.05, 0.1) is 19.0 Å². The van der Waals surface area contributed by atoms with E-state index in [1.807, 2.05) is 13.8 Å². The third-order valence-corrected chi connectivity index (χ3v) is 3.01. The summed E-state index contributed by atoms with van der Waals surface area (Å²) >= 11 is 0. The van der Waals surface area contributed by atoms with Gasteiger partial charge in [0.25, 0.3) is 0 Å². The number of hydrogen-bond donors (Lipinski definition) is 3. The van der Waals surface area contributed by atoms with Crippen molar-refractivity contribution in [3.05, 3.63) is 18.3 Å². The van der Waals surface area contributed by atoms with Crippen LogP contribution in [0.2, 0.25) is 0 Å². The maximum Gasteiger partial charge on any atom is 0.312 e. The number of primary amides is 1. The van der Waals surface area contributed by atoms with Crippen molar-refractivity contribution in [2.45, 2.75) is 26.3 Å². The molecule has 0 aromatic carbocycles. The lowest BCUT2D eigenvalue weighted by atomic mass is 9.98. The van der Waals surface area contributed by atoms with Crippen molar-refractivity contribution < 1.29 is 14.3 Å². The van der Waals surface area contributed by atoms with Gasteiger partial charge in [0, 0.05) is 6.07 Å². The van der Waals surface area contributed by atoms with Gasteiger partial charge in [-0.1, -0.05) is 20.3 Å². The molecule has 20 heavy (non-hydrogen) atoms. The lowest BCUT2D eigenvalue weighted by Crippen LogP contribution is -2.49. The number of hydrogen-bond acceptors (Lipinski definition) is 4. The van der Waals surface area contributed by atoms with Gasteiger partial charge in [0.2, 0.25) is 11.8 Å². The SMILES string of the molecule is CC[C@H](C)[C@H](NC(N)=O)C(=O)Nc1ccc(OC)nc1. The molecular formula is C13H20N4O3. The number of urea groups is 1. The molecule has 0 bridgehead atoms. The van der Waals surface area contributed by atoms with Gasteiger partial charge in [-0.25, -0.2) is 9.78 Å². The number of ether oxygens (including phenoxy) is 1. The van der Waals surface area contributed by atoms with Crippen LogP contribution in [0.4, 0.5) is 10.5 Å². The summed E-state index contributed by atoms with van der Waals surface area (Å²) in [5.41, 5.74) is 5.62. The maximum atomic E-state index is 12.2. The topological polar surface area (TPSA) is 106 Å². The number of aromatic nitrogens is 1. The van der Waals surface area contributed by atoms with Crippen molar-refractivity contribution in [2.24, 2.45) is 11.7 Å². The van der Waals surface area contributed by atoms with Gasteiger partial charge in [0.15, 0.2) is 0 Å². The zero-order chi connectivity index (χ0) is 15.1. The number of nitrogens with zero attached hydrogens (tertiary/aromatic N) is 1. The lowest BCUT2D eigenvalue weighted by molar-refractivity contribution is -0.119. The summed E-state index contributed by atoms with van der Waals surface area (Å²) in [7, 11) is 1.51. The Morgan fingerprint density at radius 1 is 1.45 bits per heavy atom. The highest BCUT2D eigenvalue weighted by Gasteiger charge is 2.25. The van der Waals surface area contributed by atoms with Crippen LogP contribution in [0.3, 0.4) is 0 Å². The number of nitrogens with two attached hydrogens (primary N) is 1. The number of amides is 3. The van der Waals surface area contributed by atoms with Gasteiger partial charge in [-0.15, -0.1) is 0 Å². The highest BCUT2D eigenvalue weighted by Crippen LogP contribution is 2.14. The highest BCUT2D eigenvalue weighted by atomic mass is 16.5. The second-order valence-corrected chi connectivity index (χ2v) is 4.45. The fourth-order valence-corrected chi connectivity index (χ4v) is 1.65. The predicted octanol–water partition coefficient (Wildman–Crippen LogP) is 1.11. The summed E-state index contributed by atoms with van der Waals surface area (Å²) in [6.07, 6.45) is 2.22. The molecule has 0 radical (unpaired) electrons. The van der Waals surface area contributed by atoms with Gasteiger partial charge < -0.3 is 21.1 Å². The predicted molar refractivity (Wildman–Crippen MR) is 75.4 cm³/mol.